The van der Waals surface area contributed by atoms with Gasteiger partial charge in [0.1, 0.15) is 13.2 Å². The van der Waals surface area contributed by atoms with Crippen LogP contribution in [0.15, 0.2) is 122 Å². The molecule has 0 aromatic heterocycles. The van der Waals surface area contributed by atoms with Crippen molar-refractivity contribution in [2.24, 2.45) is 0 Å². The molecular weight excluding hydrogens is 996 g/mol. The summed E-state index contributed by atoms with van der Waals surface area (Å²) in [6.07, 6.45) is 88.7. The molecule has 3 atom stereocenters. The normalized spacial score (nSPS) is 14.6. The van der Waals surface area contributed by atoms with Crippen molar-refractivity contribution in [2.75, 3.05) is 40.9 Å². The number of nitrogens with zero attached hydrogens (tertiary/aromatic N) is 1. The predicted molar refractivity (Wildman–Crippen MR) is 343 cm³/mol. The molecule has 454 valence electrons. The smallest absolute Gasteiger partial charge is 0.268 e. The summed E-state index contributed by atoms with van der Waals surface area (Å²) >= 11 is 0. The van der Waals surface area contributed by atoms with Gasteiger partial charge in [-0.25, -0.2) is 0 Å². The molecule has 0 aromatic carbocycles. The number of aliphatic hydroxyl groups is 1. The number of hydrogen-bond acceptors (Lipinski definition) is 6. The summed E-state index contributed by atoms with van der Waals surface area (Å²) < 4.78 is 23.4. The van der Waals surface area contributed by atoms with Gasteiger partial charge in [0.2, 0.25) is 5.91 Å². The molecule has 3 unspecified atom stereocenters. The molecule has 0 spiro atoms. The lowest BCUT2D eigenvalue weighted by Gasteiger charge is -2.29. The van der Waals surface area contributed by atoms with E-state index in [9.17, 15) is 19.4 Å². The van der Waals surface area contributed by atoms with E-state index in [0.29, 0.717) is 23.9 Å². The highest BCUT2D eigenvalue weighted by Gasteiger charge is 2.23. The Morgan fingerprint density at radius 2 is 0.772 bits per heavy atom. The van der Waals surface area contributed by atoms with E-state index >= 15 is 0 Å². The zero-order chi connectivity index (χ0) is 57.7. The van der Waals surface area contributed by atoms with Gasteiger partial charge in [0.15, 0.2) is 0 Å². The zero-order valence-corrected chi connectivity index (χ0v) is 52.7. The van der Waals surface area contributed by atoms with Gasteiger partial charge in [-0.1, -0.05) is 289 Å². The number of aliphatic hydroxyl groups excluding tert-OH is 1. The second-order valence-corrected chi connectivity index (χ2v) is 24.1. The van der Waals surface area contributed by atoms with Crippen LogP contribution in [0.25, 0.3) is 0 Å². The first-order chi connectivity index (χ1) is 38.5. The number of hydrogen-bond donors (Lipinski definition) is 2. The third-order valence-corrected chi connectivity index (χ3v) is 14.9. The molecule has 0 saturated carbocycles. The molecule has 9 heteroatoms. The molecular formula is C70H123N2O6P. The largest absolute Gasteiger partial charge is 0.756 e. The molecule has 0 aliphatic carbocycles. The molecule has 79 heavy (non-hydrogen) atoms. The van der Waals surface area contributed by atoms with Crippen molar-refractivity contribution >= 4 is 13.7 Å². The van der Waals surface area contributed by atoms with E-state index in [0.717, 1.165) is 96.3 Å². The molecule has 0 aliphatic rings. The van der Waals surface area contributed by atoms with E-state index in [1.165, 1.54) is 141 Å². The van der Waals surface area contributed by atoms with Crippen LogP contribution in [0.2, 0.25) is 0 Å². The number of allylic oxidation sites excluding steroid dienone is 19. The summed E-state index contributed by atoms with van der Waals surface area (Å²) in [5, 5.41) is 13.9. The van der Waals surface area contributed by atoms with E-state index in [-0.39, 0.29) is 12.5 Å². The molecule has 8 nitrogen and oxygen atoms in total. The highest BCUT2D eigenvalue weighted by Crippen LogP contribution is 2.38. The standard InChI is InChI=1S/C70H123N2O6P/c1-6-8-10-12-14-16-18-20-22-24-26-28-30-32-34-35-36-37-38-40-42-44-46-48-50-52-54-56-58-60-62-64-70(74)71-68(67-78-79(75,76)77-66-65-72(3,4)5)69(73)63-61-59-57-55-53-51-49-47-45-43-41-39-33-31-29-27-25-23-21-19-17-15-13-11-9-7-2/h8,10,14,16,20,22,26,28,32,34,36-37,40,42,46,48,52,54,61,63,68-69,73H,6-7,9,11-13,15,17-19,21,23-25,27,29-31,33,35,38-39,41,43-45,47,49-51,53,55-60,62,64-67H2,1-5H3,(H-,71,74,75,76)/b10-8-,16-14-,22-20-,28-26-,34-32-,37-36-,42-40-,48-46-,54-52-,63-61+. The number of carbonyl (C=O) groups excluding carboxylic acids is 1. The quantitative estimate of drug-likeness (QED) is 0.0272. The lowest BCUT2D eigenvalue weighted by Crippen LogP contribution is -2.45. The van der Waals surface area contributed by atoms with Gasteiger partial charge in [-0.05, 0) is 89.9 Å². The number of phosphoric acid groups is 1. The van der Waals surface area contributed by atoms with Gasteiger partial charge in [0, 0.05) is 6.42 Å². The summed E-state index contributed by atoms with van der Waals surface area (Å²) in [5.74, 6) is -0.232. The number of rotatable bonds is 58. The molecule has 0 fully saturated rings. The number of likely N-dealkylation sites (N-methyl/N-ethyl adjacent to an activating group) is 1. The lowest BCUT2D eigenvalue weighted by molar-refractivity contribution is -0.870. The van der Waals surface area contributed by atoms with Crippen LogP contribution in [-0.4, -0.2) is 68.5 Å². The van der Waals surface area contributed by atoms with Crippen molar-refractivity contribution in [3.05, 3.63) is 122 Å². The van der Waals surface area contributed by atoms with Crippen LogP contribution in [0.4, 0.5) is 0 Å². The third kappa shape index (κ3) is 62.4. The fourth-order valence-electron chi connectivity index (χ4n) is 8.91. The summed E-state index contributed by atoms with van der Waals surface area (Å²) in [6.45, 7) is 4.52. The van der Waals surface area contributed by atoms with Crippen molar-refractivity contribution in [3.63, 3.8) is 0 Å². The summed E-state index contributed by atoms with van der Waals surface area (Å²) in [7, 11) is 1.22. The van der Waals surface area contributed by atoms with Crippen molar-refractivity contribution in [3.8, 4) is 0 Å². The van der Waals surface area contributed by atoms with E-state index < -0.39 is 26.6 Å². The van der Waals surface area contributed by atoms with Crippen LogP contribution in [0.1, 0.15) is 264 Å². The number of phosphoric ester groups is 1. The summed E-state index contributed by atoms with van der Waals surface area (Å²) in [4.78, 5) is 25.6. The van der Waals surface area contributed by atoms with Gasteiger partial charge < -0.3 is 28.8 Å². The highest BCUT2D eigenvalue weighted by molar-refractivity contribution is 7.45. The van der Waals surface area contributed by atoms with Gasteiger partial charge in [-0.3, -0.25) is 9.36 Å². The Bertz CT molecular complexity index is 1700. The number of unbranched alkanes of at least 4 members (excludes halogenated alkanes) is 27. The monoisotopic (exact) mass is 1120 g/mol. The molecule has 0 heterocycles. The Morgan fingerprint density at radius 3 is 1.13 bits per heavy atom. The molecule has 0 aliphatic heterocycles. The van der Waals surface area contributed by atoms with Crippen LogP contribution < -0.4 is 10.2 Å². The van der Waals surface area contributed by atoms with Gasteiger partial charge in [0.05, 0.1) is 39.9 Å². The van der Waals surface area contributed by atoms with Crippen LogP contribution in [0.3, 0.4) is 0 Å². The molecule has 0 radical (unpaired) electrons. The van der Waals surface area contributed by atoms with E-state index in [2.05, 4.69) is 129 Å². The summed E-state index contributed by atoms with van der Waals surface area (Å²) in [5.41, 5.74) is 0. The number of quaternary nitrogens is 1. The average Bonchev–Trinajstić information content (AvgIpc) is 3.42. The van der Waals surface area contributed by atoms with Crippen LogP contribution >= 0.6 is 7.82 Å². The molecule has 2 N–H and O–H groups in total. The molecule has 0 aromatic rings. The van der Waals surface area contributed by atoms with E-state index in [4.69, 9.17) is 9.05 Å². The highest BCUT2D eigenvalue weighted by atomic mass is 31.2. The van der Waals surface area contributed by atoms with Gasteiger partial charge in [0.25, 0.3) is 7.82 Å². The molecule has 0 bridgehead atoms. The Morgan fingerprint density at radius 1 is 0.456 bits per heavy atom. The maximum atomic E-state index is 13.0. The zero-order valence-electron chi connectivity index (χ0n) is 51.8. The maximum Gasteiger partial charge on any atom is 0.268 e. The lowest BCUT2D eigenvalue weighted by atomic mass is 10.0. The first-order valence-corrected chi connectivity index (χ1v) is 33.9. The van der Waals surface area contributed by atoms with Gasteiger partial charge >= 0.3 is 0 Å². The number of carbonyl (C=O) groups is 1. The predicted octanol–water partition coefficient (Wildman–Crippen LogP) is 19.9. The van der Waals surface area contributed by atoms with Crippen LogP contribution in [0, 0.1) is 0 Å². The third-order valence-electron chi connectivity index (χ3n) is 13.9. The second kappa shape index (κ2) is 59.5. The minimum atomic E-state index is -4.62. The second-order valence-electron chi connectivity index (χ2n) is 22.7. The first kappa shape index (κ1) is 75.9. The Kier molecular flexibility index (Phi) is 57.2. The first-order valence-electron chi connectivity index (χ1n) is 32.4. The Balaban J connectivity index is 4.27. The van der Waals surface area contributed by atoms with Crippen molar-refractivity contribution < 1.29 is 32.9 Å². The van der Waals surface area contributed by atoms with Crippen LogP contribution in [0.5, 0.6) is 0 Å². The topological polar surface area (TPSA) is 108 Å². The fourth-order valence-corrected chi connectivity index (χ4v) is 9.63. The van der Waals surface area contributed by atoms with Crippen molar-refractivity contribution in [2.45, 2.75) is 276 Å². The van der Waals surface area contributed by atoms with Crippen molar-refractivity contribution in [1.29, 1.82) is 0 Å². The molecule has 0 saturated heterocycles. The fraction of sp³-hybridized carbons (Fsp3) is 0.700. The SMILES string of the molecule is CC/C=C\C/C=C\C/C=C\C/C=C\C/C=C\C/C=C\C/C=C\C/C=C\C/C=C\CCCCCC(=O)NC(COP(=O)([O-])OCC[N+](C)(C)C)C(O)/C=C/CCCCCCCCCCCCCCCCCCCCCCCCCC. The van der Waals surface area contributed by atoms with Crippen LogP contribution in [-0.2, 0) is 18.4 Å². The van der Waals surface area contributed by atoms with E-state index in [1.54, 1.807) is 6.08 Å². The molecule has 1 amide bonds. The number of nitrogens with one attached hydrogen (secondary N) is 1. The molecule has 0 rings (SSSR count). The number of amides is 1. The van der Waals surface area contributed by atoms with Crippen molar-refractivity contribution in [1.82, 2.24) is 5.32 Å². The van der Waals surface area contributed by atoms with E-state index in [1.807, 2.05) is 27.2 Å². The average molecular weight is 1120 g/mol. The summed E-state index contributed by atoms with van der Waals surface area (Å²) in [6, 6.07) is -0.915. The Hall–Kier alpha value is -3.10. The van der Waals surface area contributed by atoms with Gasteiger partial charge in [-0.2, -0.15) is 0 Å². The minimum absolute atomic E-state index is 0.0142. The Labute approximate surface area is 488 Å². The van der Waals surface area contributed by atoms with Gasteiger partial charge in [-0.15, -0.1) is 0 Å². The maximum absolute atomic E-state index is 13.0. The minimum Gasteiger partial charge on any atom is -0.756 e.